The van der Waals surface area contributed by atoms with E-state index in [1.54, 1.807) is 54.1 Å². The van der Waals surface area contributed by atoms with Crippen molar-refractivity contribution in [3.8, 4) is 0 Å². The van der Waals surface area contributed by atoms with Gasteiger partial charge < -0.3 is 37.2 Å². The number of benzene rings is 3. The van der Waals surface area contributed by atoms with Gasteiger partial charge in [0.25, 0.3) is 0 Å². The van der Waals surface area contributed by atoms with E-state index >= 15 is 0 Å². The van der Waals surface area contributed by atoms with E-state index < -0.39 is 8.07 Å². The number of hydrogen-bond acceptors (Lipinski definition) is 0. The zero-order valence-corrected chi connectivity index (χ0v) is 48.6. The van der Waals surface area contributed by atoms with Crippen LogP contribution in [0, 0.1) is 6.08 Å². The summed E-state index contributed by atoms with van der Waals surface area (Å²) in [5, 5.41) is 6.72. The molecule has 0 aromatic heterocycles. The molecule has 0 unspecified atom stereocenters. The molecular weight excluding hydrogens is 915 g/mol. The Bertz CT molecular complexity index is 1530. The SMILES string of the molecule is CCCCCCc1cc(CCCCCC)cc([Si](C2=C(C)C(C)=[C-]C2)(c2cc(CCCCCC)cc(CCCCCC)c2)c2cc(CCCCCC)cc(CCCCCC)c2)c1.[Cl-].[Cl-].[Cl-].[Ti+4]. The molecule has 0 aliphatic heterocycles. The molecule has 0 saturated heterocycles. The van der Waals surface area contributed by atoms with Crippen molar-refractivity contribution in [2.75, 3.05) is 0 Å². The van der Waals surface area contributed by atoms with Gasteiger partial charge in [-0.05, 0) is 126 Å². The summed E-state index contributed by atoms with van der Waals surface area (Å²) in [7, 11) is -2.81. The molecular formula is C61H95Cl3SiTi. The van der Waals surface area contributed by atoms with Crippen molar-refractivity contribution in [2.24, 2.45) is 0 Å². The van der Waals surface area contributed by atoms with Crippen molar-refractivity contribution in [3.63, 3.8) is 0 Å². The molecule has 0 radical (unpaired) electrons. The predicted octanol–water partition coefficient (Wildman–Crippen LogP) is 7.91. The minimum Gasteiger partial charge on any atom is -1.00 e. The monoisotopic (exact) mass is 1010 g/mol. The summed E-state index contributed by atoms with van der Waals surface area (Å²) >= 11 is 0. The number of unbranched alkanes of at least 4 members (excludes halogenated alkanes) is 18. The molecule has 1 aliphatic carbocycles. The fourth-order valence-corrected chi connectivity index (χ4v) is 16.0. The molecule has 1 aliphatic rings. The van der Waals surface area contributed by atoms with Gasteiger partial charge in [-0.25, -0.2) is 11.1 Å². The van der Waals surface area contributed by atoms with Crippen LogP contribution in [0.3, 0.4) is 0 Å². The van der Waals surface area contributed by atoms with Crippen LogP contribution in [0.5, 0.6) is 0 Å². The molecule has 0 nitrogen and oxygen atoms in total. The van der Waals surface area contributed by atoms with E-state index in [0.717, 1.165) is 6.42 Å². The van der Waals surface area contributed by atoms with Gasteiger partial charge in [-0.1, -0.05) is 219 Å². The van der Waals surface area contributed by atoms with Gasteiger partial charge in [0.2, 0.25) is 0 Å². The van der Waals surface area contributed by atoms with E-state index in [1.165, 1.54) is 204 Å². The molecule has 0 fully saturated rings. The zero-order valence-electron chi connectivity index (χ0n) is 43.8. The van der Waals surface area contributed by atoms with Gasteiger partial charge in [0.1, 0.15) is 0 Å². The van der Waals surface area contributed by atoms with Crippen molar-refractivity contribution in [2.45, 2.75) is 254 Å². The van der Waals surface area contributed by atoms with E-state index in [-0.39, 0.29) is 58.9 Å². The Labute approximate surface area is 444 Å². The van der Waals surface area contributed by atoms with E-state index in [1.807, 2.05) is 0 Å². The molecule has 0 spiro atoms. The molecule has 3 aromatic carbocycles. The molecule has 3 aromatic rings. The quantitative estimate of drug-likeness (QED) is 0.0247. The Balaban J connectivity index is 0.0000106. The second-order valence-corrected chi connectivity index (χ2v) is 23.6. The van der Waals surface area contributed by atoms with Crippen LogP contribution in [0.15, 0.2) is 70.9 Å². The molecule has 4 rings (SSSR count). The first-order valence-corrected chi connectivity index (χ1v) is 29.0. The minimum absolute atomic E-state index is 0. The first kappa shape index (κ1) is 64.9. The average molecular weight is 1010 g/mol. The normalized spacial score (nSPS) is 12.3. The Morgan fingerprint density at radius 3 is 0.758 bits per heavy atom. The van der Waals surface area contributed by atoms with Gasteiger partial charge in [-0.15, -0.1) is 13.3 Å². The van der Waals surface area contributed by atoms with Crippen molar-refractivity contribution < 1.29 is 58.9 Å². The molecule has 0 heterocycles. The molecule has 0 amide bonds. The minimum atomic E-state index is -2.81. The van der Waals surface area contributed by atoms with Crippen LogP contribution in [-0.2, 0) is 60.2 Å². The molecule has 0 atom stereocenters. The Hall–Kier alpha value is -1.06. The van der Waals surface area contributed by atoms with Crippen LogP contribution >= 0.6 is 0 Å². The maximum atomic E-state index is 3.99. The van der Waals surface area contributed by atoms with Crippen molar-refractivity contribution >= 4 is 23.6 Å². The summed E-state index contributed by atoms with van der Waals surface area (Å²) < 4.78 is 0. The topological polar surface area (TPSA) is 0 Å². The van der Waals surface area contributed by atoms with Crippen LogP contribution in [0.2, 0.25) is 0 Å². The van der Waals surface area contributed by atoms with Crippen LogP contribution in [-0.4, -0.2) is 8.07 Å². The molecule has 5 heteroatoms. The second-order valence-electron chi connectivity index (χ2n) is 19.8. The average Bonchev–Trinajstić information content (AvgIpc) is 3.61. The van der Waals surface area contributed by atoms with Gasteiger partial charge in [0.15, 0.2) is 8.07 Å². The predicted molar refractivity (Wildman–Crippen MR) is 281 cm³/mol. The summed E-state index contributed by atoms with van der Waals surface area (Å²) in [6.07, 6.45) is 43.7. The second kappa shape index (κ2) is 37.7. The third-order valence-corrected chi connectivity index (χ3v) is 19.3. The number of allylic oxidation sites excluding steroid dienone is 4. The fraction of sp³-hybridized carbons (Fsp3) is 0.639. The zero-order chi connectivity index (χ0) is 44.4. The summed E-state index contributed by atoms with van der Waals surface area (Å²) in [6.45, 7) is 19.0. The van der Waals surface area contributed by atoms with E-state index in [0.29, 0.717) is 0 Å². The Morgan fingerprint density at radius 1 is 0.348 bits per heavy atom. The number of aryl methyl sites for hydroxylation is 6. The first-order chi connectivity index (χ1) is 30.3. The van der Waals surface area contributed by atoms with Gasteiger partial charge >= 0.3 is 21.7 Å². The Morgan fingerprint density at radius 2 is 0.576 bits per heavy atom. The molecule has 368 valence electrons. The van der Waals surface area contributed by atoms with Gasteiger partial charge in [0, 0.05) is 0 Å². The van der Waals surface area contributed by atoms with Crippen LogP contribution in [0.4, 0.5) is 0 Å². The van der Waals surface area contributed by atoms with E-state index in [9.17, 15) is 0 Å². The molecule has 0 saturated carbocycles. The molecule has 66 heavy (non-hydrogen) atoms. The van der Waals surface area contributed by atoms with Gasteiger partial charge in [0.05, 0.1) is 0 Å². The van der Waals surface area contributed by atoms with Crippen molar-refractivity contribution in [3.05, 3.63) is 110 Å². The first-order valence-electron chi connectivity index (χ1n) is 27.0. The molecule has 0 N–H and O–H groups in total. The van der Waals surface area contributed by atoms with Crippen molar-refractivity contribution in [1.29, 1.82) is 0 Å². The van der Waals surface area contributed by atoms with Crippen LogP contribution in [0.25, 0.3) is 0 Å². The third-order valence-electron chi connectivity index (χ3n) is 14.4. The summed E-state index contributed by atoms with van der Waals surface area (Å²) in [4.78, 5) is 0. The third kappa shape index (κ3) is 20.7. The molecule has 0 bridgehead atoms. The summed E-state index contributed by atoms with van der Waals surface area (Å²) in [5.41, 5.74) is 12.5. The smallest absolute Gasteiger partial charge is 1.00 e. The van der Waals surface area contributed by atoms with Crippen molar-refractivity contribution in [1.82, 2.24) is 0 Å². The summed E-state index contributed by atoms with van der Waals surface area (Å²) in [5.74, 6) is 0. The standard InChI is InChI=1S/C61H95Si.3ClH.Ti/c1-9-15-21-27-33-52-41-53(34-28-22-16-10-2)45-58(44-52)62(61-40-39-50(7)51(61)8,59-46-54(35-29-23-17-11-3)42-55(47-59)36-30-24-18-12-4)60-48-56(37-31-25-19-13-5)43-57(49-60)38-32-26-20-14-6;;;;/h41-49H,9-38,40H2,1-8H3;3*1H;/q-1;;;;+4/p-3. The van der Waals surface area contributed by atoms with Gasteiger partial charge in [-0.3, -0.25) is 6.08 Å². The van der Waals surface area contributed by atoms with Crippen LogP contribution < -0.4 is 52.8 Å². The summed E-state index contributed by atoms with van der Waals surface area (Å²) in [6, 6.07) is 24.7. The number of halogens is 3. The fourth-order valence-electron chi connectivity index (χ4n) is 10.5. The Kier molecular flexibility index (Phi) is 37.1. The maximum absolute atomic E-state index is 3.99. The van der Waals surface area contributed by atoms with E-state index in [4.69, 9.17) is 0 Å². The van der Waals surface area contributed by atoms with E-state index in [2.05, 4.69) is 116 Å². The number of hydrogen-bond donors (Lipinski definition) is 0. The van der Waals surface area contributed by atoms with Crippen LogP contribution in [0.1, 0.15) is 249 Å². The number of rotatable bonds is 34. The largest absolute Gasteiger partial charge is 4.00 e. The maximum Gasteiger partial charge on any atom is 4.00 e. The van der Waals surface area contributed by atoms with Gasteiger partial charge in [-0.2, -0.15) is 5.20 Å².